The van der Waals surface area contributed by atoms with Crippen LogP contribution >= 0.6 is 0 Å². The van der Waals surface area contributed by atoms with Crippen molar-refractivity contribution in [3.63, 3.8) is 0 Å². The van der Waals surface area contributed by atoms with Crippen LogP contribution in [0.1, 0.15) is 54.8 Å². The first-order valence-electron chi connectivity index (χ1n) is 13.4. The maximum Gasteiger partial charge on any atom is 0.294 e. The molecule has 204 valence electrons. The Morgan fingerprint density at radius 3 is 2.46 bits per heavy atom. The first-order valence-corrected chi connectivity index (χ1v) is 14.9. The normalized spacial score (nSPS) is 16.2. The van der Waals surface area contributed by atoms with E-state index < -0.39 is 22.3 Å². The van der Waals surface area contributed by atoms with Gasteiger partial charge in [0.25, 0.3) is 10.1 Å². The lowest BCUT2D eigenvalue weighted by atomic mass is 9.88. The minimum atomic E-state index is -4.45. The van der Waals surface area contributed by atoms with E-state index in [9.17, 15) is 22.9 Å². The summed E-state index contributed by atoms with van der Waals surface area (Å²) < 4.78 is 35.8. The van der Waals surface area contributed by atoms with Gasteiger partial charge in [0.2, 0.25) is 5.91 Å². The van der Waals surface area contributed by atoms with Crippen molar-refractivity contribution < 1.29 is 22.9 Å². The Labute approximate surface area is 229 Å². The molecule has 5 rings (SSSR count). The topological polar surface area (TPSA) is 109 Å². The molecule has 1 aromatic heterocycles. The molecule has 0 spiro atoms. The summed E-state index contributed by atoms with van der Waals surface area (Å²) in [6.45, 7) is 1.84. The highest BCUT2D eigenvalue weighted by Crippen LogP contribution is 2.32. The van der Waals surface area contributed by atoms with Crippen LogP contribution in [0.4, 0.5) is 5.69 Å². The highest BCUT2D eigenvalue weighted by molar-refractivity contribution is 7.85. The Balaban J connectivity index is 1.47. The highest BCUT2D eigenvalue weighted by Gasteiger charge is 2.27. The van der Waals surface area contributed by atoms with Gasteiger partial charge in [-0.15, -0.1) is 0 Å². The van der Waals surface area contributed by atoms with E-state index in [1.54, 1.807) is 12.1 Å². The lowest BCUT2D eigenvalue weighted by Gasteiger charge is -2.27. The Bertz CT molecular complexity index is 1570. The van der Waals surface area contributed by atoms with Gasteiger partial charge >= 0.3 is 0 Å². The Morgan fingerprint density at radius 2 is 1.74 bits per heavy atom. The highest BCUT2D eigenvalue weighted by atomic mass is 32.2. The number of hydrogen-bond donors (Lipinski definition) is 3. The molecular formula is C31H34N2O5S. The number of fused-ring (bicyclic) bond motifs is 1. The zero-order chi connectivity index (χ0) is 27.6. The molecule has 1 fully saturated rings. The summed E-state index contributed by atoms with van der Waals surface area (Å²) in [5, 5.41) is 15.6. The number of nitrogens with zero attached hydrogens (tertiary/aromatic N) is 1. The standard InChI is InChI=1S/C31H34N2O5S/c1-21-12-15-29(39(36,37)38)25(18-21)20-28(34)30(22-8-4-2-5-9-22)33-17-16-24-19-26(13-14-27(24)33)32-31(35)23-10-6-3-7-11-23/h2,4-5,8-9,12-19,23,28,30,34H,3,6-7,10-11,20H2,1H3,(H,32,35)(H,36,37,38)/t28-,30-/m0/s1. The average Bonchev–Trinajstić information content (AvgIpc) is 3.32. The van der Waals surface area contributed by atoms with Crippen molar-refractivity contribution in [2.75, 3.05) is 5.32 Å². The predicted molar refractivity (Wildman–Crippen MR) is 152 cm³/mol. The molecule has 1 saturated carbocycles. The summed E-state index contributed by atoms with van der Waals surface area (Å²) in [6.07, 6.45) is 6.16. The molecule has 8 heteroatoms. The average molecular weight is 547 g/mol. The Kier molecular flexibility index (Phi) is 7.88. The summed E-state index contributed by atoms with van der Waals surface area (Å²) in [6, 6.07) is 21.4. The van der Waals surface area contributed by atoms with Crippen LogP contribution in [0.15, 0.2) is 83.9 Å². The van der Waals surface area contributed by atoms with Gasteiger partial charge in [-0.3, -0.25) is 9.35 Å². The molecule has 0 aliphatic heterocycles. The SMILES string of the molecule is Cc1ccc(S(=O)(=O)O)c(C[C@H](O)[C@H](c2ccccc2)n2ccc3cc(NC(=O)C4CCCCC4)ccc32)c1. The van der Waals surface area contributed by atoms with Crippen molar-refractivity contribution in [2.45, 2.75) is 62.5 Å². The molecule has 39 heavy (non-hydrogen) atoms. The number of aromatic nitrogens is 1. The van der Waals surface area contributed by atoms with Gasteiger partial charge in [-0.2, -0.15) is 8.42 Å². The van der Waals surface area contributed by atoms with E-state index in [0.29, 0.717) is 5.56 Å². The molecule has 1 aliphatic rings. The zero-order valence-corrected chi connectivity index (χ0v) is 22.8. The molecule has 1 heterocycles. The molecule has 1 amide bonds. The van der Waals surface area contributed by atoms with E-state index >= 15 is 0 Å². The van der Waals surface area contributed by atoms with Crippen LogP contribution < -0.4 is 5.32 Å². The largest absolute Gasteiger partial charge is 0.390 e. The van der Waals surface area contributed by atoms with Crippen LogP contribution in [-0.2, 0) is 21.3 Å². The minimum Gasteiger partial charge on any atom is -0.390 e. The zero-order valence-electron chi connectivity index (χ0n) is 22.0. The number of amides is 1. The number of aliphatic hydroxyl groups is 1. The lowest BCUT2D eigenvalue weighted by molar-refractivity contribution is -0.120. The molecule has 0 radical (unpaired) electrons. The van der Waals surface area contributed by atoms with Gasteiger partial charge in [0.15, 0.2) is 0 Å². The number of carbonyl (C=O) groups excluding carboxylic acids is 1. The molecule has 4 aromatic rings. The molecule has 0 bridgehead atoms. The fourth-order valence-corrected chi connectivity index (χ4v) is 6.48. The maximum absolute atomic E-state index is 12.8. The third kappa shape index (κ3) is 6.08. The first kappa shape index (κ1) is 27.1. The van der Waals surface area contributed by atoms with Crippen LogP contribution in [0, 0.1) is 12.8 Å². The number of nitrogens with one attached hydrogen (secondary N) is 1. The summed E-state index contributed by atoms with van der Waals surface area (Å²) in [4.78, 5) is 12.6. The van der Waals surface area contributed by atoms with Gasteiger partial charge in [0.05, 0.1) is 17.0 Å². The van der Waals surface area contributed by atoms with Crippen LogP contribution in [0.5, 0.6) is 0 Å². The Hall–Kier alpha value is -3.46. The number of carbonyl (C=O) groups is 1. The monoisotopic (exact) mass is 546 g/mol. The molecular weight excluding hydrogens is 512 g/mol. The van der Waals surface area contributed by atoms with Crippen molar-refractivity contribution in [3.8, 4) is 0 Å². The number of benzene rings is 3. The summed E-state index contributed by atoms with van der Waals surface area (Å²) in [7, 11) is -4.45. The van der Waals surface area contributed by atoms with Crippen LogP contribution in [0.2, 0.25) is 0 Å². The third-order valence-corrected chi connectivity index (χ3v) is 8.65. The van der Waals surface area contributed by atoms with Crippen molar-refractivity contribution >= 4 is 32.6 Å². The van der Waals surface area contributed by atoms with E-state index in [1.807, 2.05) is 72.3 Å². The fraction of sp³-hybridized carbons (Fsp3) is 0.323. The maximum atomic E-state index is 12.8. The quantitative estimate of drug-likeness (QED) is 0.238. The number of anilines is 1. The second-order valence-electron chi connectivity index (χ2n) is 10.5. The molecule has 0 saturated heterocycles. The number of rotatable bonds is 8. The third-order valence-electron chi connectivity index (χ3n) is 7.69. The van der Waals surface area contributed by atoms with E-state index in [-0.39, 0.29) is 23.1 Å². The van der Waals surface area contributed by atoms with Gasteiger partial charge in [-0.05, 0) is 61.2 Å². The molecule has 7 nitrogen and oxygen atoms in total. The number of aliphatic hydroxyl groups excluding tert-OH is 1. The summed E-state index contributed by atoms with van der Waals surface area (Å²) in [5.41, 5.74) is 3.66. The second kappa shape index (κ2) is 11.3. The van der Waals surface area contributed by atoms with E-state index in [2.05, 4.69) is 5.32 Å². The predicted octanol–water partition coefficient (Wildman–Crippen LogP) is 5.91. The van der Waals surface area contributed by atoms with E-state index in [1.165, 1.54) is 12.5 Å². The van der Waals surface area contributed by atoms with Gasteiger partial charge in [0.1, 0.15) is 0 Å². The minimum absolute atomic E-state index is 0.0194. The molecule has 1 aliphatic carbocycles. The molecule has 0 unspecified atom stereocenters. The Morgan fingerprint density at radius 1 is 1.00 bits per heavy atom. The smallest absolute Gasteiger partial charge is 0.294 e. The van der Waals surface area contributed by atoms with Gasteiger partial charge in [0, 0.05) is 35.1 Å². The first-order chi connectivity index (χ1) is 18.7. The summed E-state index contributed by atoms with van der Waals surface area (Å²) in [5.74, 6) is 0.129. The fourth-order valence-electron chi connectivity index (χ4n) is 5.77. The molecule has 3 N–H and O–H groups in total. The lowest BCUT2D eigenvalue weighted by Crippen LogP contribution is -2.27. The second-order valence-corrected chi connectivity index (χ2v) is 11.9. The molecule has 3 aromatic carbocycles. The van der Waals surface area contributed by atoms with Crippen molar-refractivity contribution in [1.82, 2.24) is 4.57 Å². The summed E-state index contributed by atoms with van der Waals surface area (Å²) >= 11 is 0. The van der Waals surface area contributed by atoms with E-state index in [4.69, 9.17) is 0 Å². The van der Waals surface area contributed by atoms with Crippen molar-refractivity contribution in [2.24, 2.45) is 5.92 Å². The van der Waals surface area contributed by atoms with E-state index in [0.717, 1.165) is 53.4 Å². The van der Waals surface area contributed by atoms with Gasteiger partial charge in [-0.25, -0.2) is 0 Å². The van der Waals surface area contributed by atoms with Gasteiger partial charge in [-0.1, -0.05) is 67.3 Å². The molecule has 2 atom stereocenters. The van der Waals surface area contributed by atoms with Crippen LogP contribution in [0.3, 0.4) is 0 Å². The van der Waals surface area contributed by atoms with Gasteiger partial charge < -0.3 is 15.0 Å². The van der Waals surface area contributed by atoms with Crippen molar-refractivity contribution in [1.29, 1.82) is 0 Å². The number of aryl methyl sites for hydroxylation is 1. The van der Waals surface area contributed by atoms with Crippen LogP contribution in [0.25, 0.3) is 10.9 Å². The number of hydrogen-bond acceptors (Lipinski definition) is 4. The van der Waals surface area contributed by atoms with Crippen molar-refractivity contribution in [3.05, 3.63) is 95.7 Å². The van der Waals surface area contributed by atoms with Crippen LogP contribution in [-0.4, -0.2) is 34.7 Å².